The topological polar surface area (TPSA) is 72.5 Å². The van der Waals surface area contributed by atoms with Crippen LogP contribution in [-0.4, -0.2) is 23.1 Å². The van der Waals surface area contributed by atoms with Gasteiger partial charge in [0.15, 0.2) is 5.96 Å². The molecule has 120 valence electrons. The van der Waals surface area contributed by atoms with Crippen molar-refractivity contribution in [1.82, 2.24) is 10.3 Å². The summed E-state index contributed by atoms with van der Waals surface area (Å²) in [6, 6.07) is 3.81. The van der Waals surface area contributed by atoms with Crippen LogP contribution in [0.4, 0.5) is 0 Å². The van der Waals surface area contributed by atoms with E-state index in [1.807, 2.05) is 32.9 Å². The van der Waals surface area contributed by atoms with Crippen molar-refractivity contribution in [1.29, 1.82) is 0 Å². The Hall–Kier alpha value is -1.05. The Balaban J connectivity index is 0.00000400. The van der Waals surface area contributed by atoms with Crippen LogP contribution in [0.2, 0.25) is 0 Å². The fraction of sp³-hybridized carbons (Fsp3) is 0.600. The van der Waals surface area contributed by atoms with Crippen molar-refractivity contribution in [3.63, 3.8) is 0 Å². The van der Waals surface area contributed by atoms with Gasteiger partial charge in [0.05, 0.1) is 6.54 Å². The van der Waals surface area contributed by atoms with Gasteiger partial charge < -0.3 is 15.8 Å². The average molecular weight is 406 g/mol. The SMILES string of the molecule is CC(C)CNC(N)=NCc1ccc(OC(C)(C)C)nc1.I. The highest BCUT2D eigenvalue weighted by molar-refractivity contribution is 14.0. The van der Waals surface area contributed by atoms with E-state index in [1.165, 1.54) is 0 Å². The molecule has 0 aliphatic carbocycles. The number of nitrogens with one attached hydrogen (secondary N) is 1. The molecule has 0 unspecified atom stereocenters. The lowest BCUT2D eigenvalue weighted by atomic mass is 10.2. The Labute approximate surface area is 144 Å². The second-order valence-electron chi connectivity index (χ2n) is 6.20. The molecule has 1 aromatic heterocycles. The van der Waals surface area contributed by atoms with E-state index in [2.05, 4.69) is 29.1 Å². The highest BCUT2D eigenvalue weighted by Crippen LogP contribution is 2.15. The summed E-state index contributed by atoms with van der Waals surface area (Å²) in [6.45, 7) is 11.6. The molecular formula is C15H27IN4O. The molecule has 0 aliphatic heterocycles. The number of pyridine rings is 1. The van der Waals surface area contributed by atoms with Gasteiger partial charge in [0, 0.05) is 18.8 Å². The van der Waals surface area contributed by atoms with E-state index in [-0.39, 0.29) is 29.6 Å². The van der Waals surface area contributed by atoms with Gasteiger partial charge in [0.1, 0.15) is 5.60 Å². The first kappa shape index (κ1) is 19.9. The van der Waals surface area contributed by atoms with Crippen LogP contribution in [0.1, 0.15) is 40.2 Å². The molecule has 1 rings (SSSR count). The van der Waals surface area contributed by atoms with Crippen LogP contribution in [0.5, 0.6) is 5.88 Å². The second kappa shape index (κ2) is 9.07. The van der Waals surface area contributed by atoms with Crippen LogP contribution in [0.25, 0.3) is 0 Å². The first-order valence-corrected chi connectivity index (χ1v) is 6.94. The van der Waals surface area contributed by atoms with E-state index < -0.39 is 0 Å². The maximum atomic E-state index is 5.78. The summed E-state index contributed by atoms with van der Waals surface area (Å²) in [6.07, 6.45) is 1.76. The van der Waals surface area contributed by atoms with Crippen molar-refractivity contribution in [2.24, 2.45) is 16.6 Å². The van der Waals surface area contributed by atoms with Crippen molar-refractivity contribution in [2.75, 3.05) is 6.54 Å². The zero-order valence-electron chi connectivity index (χ0n) is 13.5. The molecule has 6 heteroatoms. The second-order valence-corrected chi connectivity index (χ2v) is 6.20. The van der Waals surface area contributed by atoms with Crippen molar-refractivity contribution in [3.8, 4) is 5.88 Å². The minimum atomic E-state index is -0.238. The quantitative estimate of drug-likeness (QED) is 0.448. The van der Waals surface area contributed by atoms with Gasteiger partial charge in [-0.15, -0.1) is 24.0 Å². The first-order valence-electron chi connectivity index (χ1n) is 6.94. The number of rotatable bonds is 5. The zero-order valence-corrected chi connectivity index (χ0v) is 15.8. The number of hydrogen-bond acceptors (Lipinski definition) is 3. The minimum Gasteiger partial charge on any atom is -0.472 e. The van der Waals surface area contributed by atoms with Gasteiger partial charge in [-0.25, -0.2) is 9.98 Å². The number of halogens is 1. The van der Waals surface area contributed by atoms with Crippen molar-refractivity contribution < 1.29 is 4.74 Å². The molecule has 0 spiro atoms. The summed E-state index contributed by atoms with van der Waals surface area (Å²) in [5.74, 6) is 1.63. The molecule has 0 amide bonds. The summed E-state index contributed by atoms with van der Waals surface area (Å²) in [5, 5.41) is 3.08. The third-order valence-electron chi connectivity index (χ3n) is 2.33. The van der Waals surface area contributed by atoms with Gasteiger partial charge in [-0.2, -0.15) is 0 Å². The Bertz CT molecular complexity index is 438. The lowest BCUT2D eigenvalue weighted by Gasteiger charge is -2.20. The molecule has 3 N–H and O–H groups in total. The summed E-state index contributed by atoms with van der Waals surface area (Å²) >= 11 is 0. The monoisotopic (exact) mass is 406 g/mol. The normalized spacial score (nSPS) is 12.0. The number of nitrogens with zero attached hydrogens (tertiary/aromatic N) is 2. The summed E-state index contributed by atoms with van der Waals surface area (Å²) in [5.41, 5.74) is 6.54. The number of nitrogens with two attached hydrogens (primary N) is 1. The van der Waals surface area contributed by atoms with E-state index in [0.717, 1.165) is 12.1 Å². The maximum Gasteiger partial charge on any atom is 0.213 e. The van der Waals surface area contributed by atoms with Crippen molar-refractivity contribution in [2.45, 2.75) is 46.8 Å². The molecule has 0 saturated carbocycles. The van der Waals surface area contributed by atoms with Crippen LogP contribution in [0, 0.1) is 5.92 Å². The molecule has 0 atom stereocenters. The van der Waals surface area contributed by atoms with Crippen LogP contribution in [0.3, 0.4) is 0 Å². The molecule has 0 bridgehead atoms. The number of guanidine groups is 1. The smallest absolute Gasteiger partial charge is 0.213 e. The van der Waals surface area contributed by atoms with Crippen molar-refractivity contribution in [3.05, 3.63) is 23.9 Å². The maximum absolute atomic E-state index is 5.78. The number of ether oxygens (including phenoxy) is 1. The lowest BCUT2D eigenvalue weighted by Crippen LogP contribution is -2.34. The van der Waals surface area contributed by atoms with Gasteiger partial charge in [-0.1, -0.05) is 19.9 Å². The van der Waals surface area contributed by atoms with Crippen LogP contribution < -0.4 is 15.8 Å². The molecule has 21 heavy (non-hydrogen) atoms. The standard InChI is InChI=1S/C15H26N4O.HI/c1-11(2)8-18-14(16)19-10-12-6-7-13(17-9-12)20-15(3,4)5;/h6-7,9,11H,8,10H2,1-5H3,(H3,16,18,19);1H. The summed E-state index contributed by atoms with van der Waals surface area (Å²) in [4.78, 5) is 8.54. The van der Waals surface area contributed by atoms with Gasteiger partial charge in [-0.3, -0.25) is 0 Å². The number of aliphatic imine (C=N–C) groups is 1. The highest BCUT2D eigenvalue weighted by Gasteiger charge is 2.12. The highest BCUT2D eigenvalue weighted by atomic mass is 127. The van der Waals surface area contributed by atoms with Crippen LogP contribution in [0.15, 0.2) is 23.3 Å². The Morgan fingerprint density at radius 1 is 1.38 bits per heavy atom. The molecular weight excluding hydrogens is 379 g/mol. The van der Waals surface area contributed by atoms with E-state index in [0.29, 0.717) is 24.3 Å². The fourth-order valence-electron chi connectivity index (χ4n) is 1.42. The van der Waals surface area contributed by atoms with Gasteiger partial charge in [0.2, 0.25) is 5.88 Å². The molecule has 0 radical (unpaired) electrons. The van der Waals surface area contributed by atoms with Crippen LogP contribution >= 0.6 is 24.0 Å². The van der Waals surface area contributed by atoms with Gasteiger partial charge in [0.25, 0.3) is 0 Å². The summed E-state index contributed by atoms with van der Waals surface area (Å²) in [7, 11) is 0. The number of aromatic nitrogens is 1. The fourth-order valence-corrected chi connectivity index (χ4v) is 1.42. The molecule has 0 saturated heterocycles. The third kappa shape index (κ3) is 9.49. The van der Waals surface area contributed by atoms with E-state index >= 15 is 0 Å². The Morgan fingerprint density at radius 3 is 2.52 bits per heavy atom. The van der Waals surface area contributed by atoms with Gasteiger partial charge >= 0.3 is 0 Å². The average Bonchev–Trinajstić information content (AvgIpc) is 2.33. The predicted molar refractivity (Wildman–Crippen MR) is 98.2 cm³/mol. The van der Waals surface area contributed by atoms with E-state index in [1.54, 1.807) is 6.20 Å². The zero-order chi connectivity index (χ0) is 15.2. The lowest BCUT2D eigenvalue weighted by molar-refractivity contribution is 0.124. The largest absolute Gasteiger partial charge is 0.472 e. The Morgan fingerprint density at radius 2 is 2.05 bits per heavy atom. The summed E-state index contributed by atoms with van der Waals surface area (Å²) < 4.78 is 5.66. The first-order chi connectivity index (χ1) is 9.26. The molecule has 1 aromatic rings. The predicted octanol–water partition coefficient (Wildman–Crippen LogP) is 2.94. The third-order valence-corrected chi connectivity index (χ3v) is 2.33. The molecule has 5 nitrogen and oxygen atoms in total. The number of hydrogen-bond donors (Lipinski definition) is 2. The molecule has 0 aliphatic rings. The Kier molecular flexibility index (Phi) is 8.61. The van der Waals surface area contributed by atoms with Crippen LogP contribution in [-0.2, 0) is 6.54 Å². The van der Waals surface area contributed by atoms with E-state index in [4.69, 9.17) is 10.5 Å². The molecule has 1 heterocycles. The van der Waals surface area contributed by atoms with Gasteiger partial charge in [-0.05, 0) is 32.3 Å². The molecule has 0 fully saturated rings. The molecule has 0 aromatic carbocycles. The minimum absolute atomic E-state index is 0. The van der Waals surface area contributed by atoms with E-state index in [9.17, 15) is 0 Å². The van der Waals surface area contributed by atoms with Crippen molar-refractivity contribution >= 4 is 29.9 Å².